The summed E-state index contributed by atoms with van der Waals surface area (Å²) in [5.41, 5.74) is 4.96. The van der Waals surface area contributed by atoms with Crippen molar-refractivity contribution in [2.75, 3.05) is 13.1 Å². The third-order valence-corrected chi connectivity index (χ3v) is 6.44. The number of furan rings is 1. The predicted molar refractivity (Wildman–Crippen MR) is 95.4 cm³/mol. The lowest BCUT2D eigenvalue weighted by Crippen LogP contribution is -2.34. The molecule has 2 aromatic rings. The smallest absolute Gasteiger partial charge is 0.276 e. The van der Waals surface area contributed by atoms with E-state index in [9.17, 15) is 8.42 Å². The molecule has 0 radical (unpaired) electrons. The Bertz CT molecular complexity index is 878. The fourth-order valence-electron chi connectivity index (χ4n) is 3.03. The van der Waals surface area contributed by atoms with Crippen LogP contribution < -0.4 is 0 Å². The monoisotopic (exact) mass is 345 g/mol. The molecule has 0 atom stereocenters. The number of benzene rings is 1. The Labute approximate surface area is 143 Å². The topological polar surface area (TPSA) is 50.5 Å². The molecule has 128 valence electrons. The maximum absolute atomic E-state index is 12.7. The Balaban J connectivity index is 1.83. The van der Waals surface area contributed by atoms with Crippen LogP contribution in [0.15, 0.2) is 45.9 Å². The first-order valence-electron chi connectivity index (χ1n) is 8.28. The normalized spacial score (nSPS) is 16.2. The molecule has 1 aliphatic rings. The second-order valence-electron chi connectivity index (χ2n) is 6.16. The molecule has 0 fully saturated rings. The van der Waals surface area contributed by atoms with E-state index in [1.165, 1.54) is 26.6 Å². The number of rotatable bonds is 4. The van der Waals surface area contributed by atoms with Crippen LogP contribution in [0.4, 0.5) is 0 Å². The molecule has 0 saturated carbocycles. The molecule has 24 heavy (non-hydrogen) atoms. The standard InChI is InChI=1S/C19H23NO3S/c1-4-17-8-9-19(23-17)24(21,22)20-12-10-16(11-13-20)18-7-5-6-14(2)15(18)3/h5-10H,4,11-13H2,1-3H3. The molecule has 0 spiro atoms. The Hall–Kier alpha value is -1.85. The maximum atomic E-state index is 12.7. The zero-order valence-electron chi connectivity index (χ0n) is 14.4. The molecule has 1 aromatic carbocycles. The van der Waals surface area contributed by atoms with Crippen LogP contribution in [-0.4, -0.2) is 25.8 Å². The molecule has 2 heterocycles. The summed E-state index contributed by atoms with van der Waals surface area (Å²) in [5.74, 6) is 0.692. The third-order valence-electron chi connectivity index (χ3n) is 4.70. The SMILES string of the molecule is CCc1ccc(S(=O)(=O)N2CC=C(c3cccc(C)c3C)CC2)o1. The second-order valence-corrected chi connectivity index (χ2v) is 8.03. The summed E-state index contributed by atoms with van der Waals surface area (Å²) in [7, 11) is -3.55. The highest BCUT2D eigenvalue weighted by Crippen LogP contribution is 2.29. The maximum Gasteiger partial charge on any atom is 0.276 e. The highest BCUT2D eigenvalue weighted by atomic mass is 32.2. The van der Waals surface area contributed by atoms with Gasteiger partial charge in [-0.25, -0.2) is 8.42 Å². The number of hydrogen-bond donors (Lipinski definition) is 0. The van der Waals surface area contributed by atoms with E-state index in [-0.39, 0.29) is 5.09 Å². The highest BCUT2D eigenvalue weighted by molar-refractivity contribution is 7.89. The van der Waals surface area contributed by atoms with Crippen LogP contribution >= 0.6 is 0 Å². The van der Waals surface area contributed by atoms with E-state index in [0.717, 1.165) is 0 Å². The zero-order valence-corrected chi connectivity index (χ0v) is 15.2. The summed E-state index contributed by atoms with van der Waals surface area (Å²) >= 11 is 0. The minimum Gasteiger partial charge on any atom is -0.448 e. The fourth-order valence-corrected chi connectivity index (χ4v) is 4.34. The molecule has 0 bridgehead atoms. The van der Waals surface area contributed by atoms with Crippen LogP contribution in [0.3, 0.4) is 0 Å². The minimum absolute atomic E-state index is 0.0444. The van der Waals surface area contributed by atoms with E-state index in [2.05, 4.69) is 32.0 Å². The van der Waals surface area contributed by atoms with Crippen molar-refractivity contribution in [3.05, 3.63) is 58.9 Å². The first-order valence-corrected chi connectivity index (χ1v) is 9.72. The second kappa shape index (κ2) is 6.57. The van der Waals surface area contributed by atoms with Crippen molar-refractivity contribution in [1.29, 1.82) is 0 Å². The molecule has 0 unspecified atom stereocenters. The first-order chi connectivity index (χ1) is 11.4. The zero-order chi connectivity index (χ0) is 17.3. The van der Waals surface area contributed by atoms with Crippen molar-refractivity contribution >= 4 is 15.6 Å². The van der Waals surface area contributed by atoms with Gasteiger partial charge in [-0.2, -0.15) is 4.31 Å². The summed E-state index contributed by atoms with van der Waals surface area (Å²) in [6, 6.07) is 9.54. The summed E-state index contributed by atoms with van der Waals surface area (Å²) in [6.07, 6.45) is 3.42. The molecule has 4 nitrogen and oxygen atoms in total. The molecular weight excluding hydrogens is 322 g/mol. The van der Waals surface area contributed by atoms with Crippen LogP contribution in [0, 0.1) is 13.8 Å². The van der Waals surface area contributed by atoms with Gasteiger partial charge in [-0.3, -0.25) is 0 Å². The number of nitrogens with zero attached hydrogens (tertiary/aromatic N) is 1. The molecule has 0 saturated heterocycles. The van der Waals surface area contributed by atoms with Crippen LogP contribution in [0.5, 0.6) is 0 Å². The van der Waals surface area contributed by atoms with Gasteiger partial charge < -0.3 is 4.42 Å². The molecule has 5 heteroatoms. The van der Waals surface area contributed by atoms with Gasteiger partial charge in [0.25, 0.3) is 10.0 Å². The largest absolute Gasteiger partial charge is 0.448 e. The molecule has 1 aromatic heterocycles. The molecule has 0 N–H and O–H groups in total. The van der Waals surface area contributed by atoms with Crippen molar-refractivity contribution in [2.24, 2.45) is 0 Å². The van der Waals surface area contributed by atoms with Gasteiger partial charge in [0.15, 0.2) is 0 Å². The number of aryl methyl sites for hydroxylation is 2. The van der Waals surface area contributed by atoms with Gasteiger partial charge in [0.05, 0.1) is 0 Å². The van der Waals surface area contributed by atoms with E-state index < -0.39 is 10.0 Å². The van der Waals surface area contributed by atoms with E-state index in [1.807, 2.05) is 13.0 Å². The van der Waals surface area contributed by atoms with Crippen LogP contribution in [0.25, 0.3) is 5.57 Å². The third kappa shape index (κ3) is 3.06. The first kappa shape index (κ1) is 17.0. The van der Waals surface area contributed by atoms with E-state index in [0.29, 0.717) is 31.7 Å². The molecule has 1 aliphatic heterocycles. The van der Waals surface area contributed by atoms with Gasteiger partial charge in [0, 0.05) is 19.5 Å². The fraction of sp³-hybridized carbons (Fsp3) is 0.368. The van der Waals surface area contributed by atoms with E-state index >= 15 is 0 Å². The summed E-state index contributed by atoms with van der Waals surface area (Å²) < 4.78 is 32.3. The van der Waals surface area contributed by atoms with Gasteiger partial charge >= 0.3 is 0 Å². The Morgan fingerprint density at radius 1 is 1.17 bits per heavy atom. The van der Waals surface area contributed by atoms with Crippen LogP contribution in [0.1, 0.15) is 35.8 Å². The lowest BCUT2D eigenvalue weighted by Gasteiger charge is -2.25. The van der Waals surface area contributed by atoms with E-state index in [1.54, 1.807) is 12.1 Å². The minimum atomic E-state index is -3.55. The number of hydrogen-bond acceptors (Lipinski definition) is 3. The lowest BCUT2D eigenvalue weighted by molar-refractivity contribution is 0.380. The average molecular weight is 345 g/mol. The average Bonchev–Trinajstić information content (AvgIpc) is 3.07. The quantitative estimate of drug-likeness (QED) is 0.843. The molecule has 0 amide bonds. The van der Waals surface area contributed by atoms with Crippen molar-refractivity contribution in [1.82, 2.24) is 4.31 Å². The van der Waals surface area contributed by atoms with Crippen LogP contribution in [0.2, 0.25) is 0 Å². The molecular formula is C19H23NO3S. The summed E-state index contributed by atoms with van der Waals surface area (Å²) in [5, 5.41) is 0.0444. The van der Waals surface area contributed by atoms with Gasteiger partial charge in [-0.1, -0.05) is 31.2 Å². The van der Waals surface area contributed by atoms with Crippen molar-refractivity contribution in [2.45, 2.75) is 38.7 Å². The molecule has 3 rings (SSSR count). The Kier molecular flexibility index (Phi) is 4.65. The van der Waals surface area contributed by atoms with Crippen molar-refractivity contribution < 1.29 is 12.8 Å². The lowest BCUT2D eigenvalue weighted by atomic mass is 9.94. The van der Waals surface area contributed by atoms with Gasteiger partial charge in [-0.05, 0) is 54.7 Å². The van der Waals surface area contributed by atoms with E-state index in [4.69, 9.17) is 4.42 Å². The number of sulfonamides is 1. The highest BCUT2D eigenvalue weighted by Gasteiger charge is 2.29. The van der Waals surface area contributed by atoms with Crippen molar-refractivity contribution in [3.8, 4) is 0 Å². The summed E-state index contributed by atoms with van der Waals surface area (Å²) in [4.78, 5) is 0. The van der Waals surface area contributed by atoms with Crippen LogP contribution in [-0.2, 0) is 16.4 Å². The van der Waals surface area contributed by atoms with Gasteiger partial charge in [0.1, 0.15) is 5.76 Å². The van der Waals surface area contributed by atoms with Crippen molar-refractivity contribution in [3.63, 3.8) is 0 Å². The Morgan fingerprint density at radius 3 is 2.58 bits per heavy atom. The Morgan fingerprint density at radius 2 is 1.96 bits per heavy atom. The van der Waals surface area contributed by atoms with Gasteiger partial charge in [0.2, 0.25) is 5.09 Å². The molecule has 0 aliphatic carbocycles. The summed E-state index contributed by atoms with van der Waals surface area (Å²) in [6.45, 7) is 7.01. The predicted octanol–water partition coefficient (Wildman–Crippen LogP) is 3.94. The van der Waals surface area contributed by atoms with Gasteiger partial charge in [-0.15, -0.1) is 0 Å².